The maximum absolute atomic E-state index is 12.7. The lowest BCUT2D eigenvalue weighted by Gasteiger charge is -2.27. The number of amides is 1. The van der Waals surface area contributed by atoms with Crippen LogP contribution in [0.1, 0.15) is 41.2 Å². The first-order valence-electron chi connectivity index (χ1n) is 8.33. The second-order valence-electron chi connectivity index (χ2n) is 6.89. The lowest BCUT2D eigenvalue weighted by atomic mass is 9.83. The Bertz CT molecular complexity index is 939. The molecule has 0 aliphatic heterocycles. The van der Waals surface area contributed by atoms with E-state index in [0.717, 1.165) is 23.9 Å². The first-order valence-corrected chi connectivity index (χ1v) is 9.14. The molecule has 26 heavy (non-hydrogen) atoms. The van der Waals surface area contributed by atoms with Crippen LogP contribution in [0.2, 0.25) is 5.02 Å². The third-order valence-corrected chi connectivity index (χ3v) is 6.44. The SMILES string of the molecule is Cn1nnnc1NC(=O)c1nn(C)c(=O)c(C2C3CCC(C3)C2Cl)c1Cl. The summed E-state index contributed by atoms with van der Waals surface area (Å²) in [7, 11) is 3.09. The molecule has 2 bridgehead atoms. The molecule has 2 saturated carbocycles. The Labute approximate surface area is 158 Å². The highest BCUT2D eigenvalue weighted by atomic mass is 35.5. The zero-order chi connectivity index (χ0) is 18.6. The minimum Gasteiger partial charge on any atom is -0.288 e. The number of anilines is 1. The zero-order valence-electron chi connectivity index (χ0n) is 14.2. The van der Waals surface area contributed by atoms with E-state index in [2.05, 4.69) is 25.9 Å². The minimum absolute atomic E-state index is 0.0431. The number of halogens is 2. The van der Waals surface area contributed by atoms with E-state index in [1.165, 1.54) is 11.7 Å². The third kappa shape index (κ3) is 2.61. The highest BCUT2D eigenvalue weighted by Crippen LogP contribution is 2.55. The number of carbonyl (C=O) groups excluding carboxylic acids is 1. The molecule has 9 nitrogen and oxygen atoms in total. The Morgan fingerprint density at radius 2 is 1.96 bits per heavy atom. The molecule has 0 spiro atoms. The first kappa shape index (κ1) is 17.4. The lowest BCUT2D eigenvalue weighted by molar-refractivity contribution is 0.101. The van der Waals surface area contributed by atoms with Gasteiger partial charge in [-0.05, 0) is 41.5 Å². The smallest absolute Gasteiger partial charge is 0.280 e. The molecular weight excluding hydrogens is 381 g/mol. The minimum atomic E-state index is -0.584. The molecule has 4 unspecified atom stereocenters. The van der Waals surface area contributed by atoms with Crippen molar-refractivity contribution in [2.75, 3.05) is 5.32 Å². The van der Waals surface area contributed by atoms with E-state index in [0.29, 0.717) is 17.4 Å². The maximum Gasteiger partial charge on any atom is 0.280 e. The van der Waals surface area contributed by atoms with E-state index in [9.17, 15) is 9.59 Å². The second-order valence-corrected chi connectivity index (χ2v) is 7.77. The topological polar surface area (TPSA) is 108 Å². The summed E-state index contributed by atoms with van der Waals surface area (Å²) >= 11 is 13.1. The molecule has 11 heteroatoms. The predicted molar refractivity (Wildman–Crippen MR) is 94.5 cm³/mol. The van der Waals surface area contributed by atoms with E-state index in [-0.39, 0.29) is 33.5 Å². The molecule has 0 aromatic carbocycles. The van der Waals surface area contributed by atoms with Crippen LogP contribution in [-0.2, 0) is 14.1 Å². The molecular formula is C15H17Cl2N7O2. The highest BCUT2D eigenvalue weighted by molar-refractivity contribution is 6.35. The number of hydrogen-bond donors (Lipinski definition) is 1. The molecule has 0 saturated heterocycles. The Morgan fingerprint density at radius 1 is 1.23 bits per heavy atom. The fourth-order valence-corrected chi connectivity index (χ4v) is 5.07. The van der Waals surface area contributed by atoms with Crippen LogP contribution in [0.25, 0.3) is 0 Å². The number of aromatic nitrogens is 6. The number of alkyl halides is 1. The van der Waals surface area contributed by atoms with Crippen molar-refractivity contribution >= 4 is 35.1 Å². The standard InChI is InChI=1S/C15H17Cl2N7O2/c1-23-14(26)9(8-6-3-4-7(5-6)10(8)16)11(17)12(20-23)13(25)18-15-19-21-22-24(15)2/h6-8,10H,3-5H2,1-2H3,(H,18,19,22,25). The lowest BCUT2D eigenvalue weighted by Crippen LogP contribution is -2.34. The van der Waals surface area contributed by atoms with Crippen LogP contribution in [0.15, 0.2) is 4.79 Å². The molecule has 2 aliphatic carbocycles. The predicted octanol–water partition coefficient (Wildman–Crippen LogP) is 1.33. The molecule has 4 atom stereocenters. The van der Waals surface area contributed by atoms with Gasteiger partial charge in [-0.1, -0.05) is 16.7 Å². The van der Waals surface area contributed by atoms with Crippen molar-refractivity contribution in [3.05, 3.63) is 26.6 Å². The Balaban J connectivity index is 1.75. The largest absolute Gasteiger partial charge is 0.288 e. The molecule has 2 aromatic heterocycles. The number of aryl methyl sites for hydroxylation is 2. The summed E-state index contributed by atoms with van der Waals surface area (Å²) in [5, 5.41) is 17.3. The monoisotopic (exact) mass is 397 g/mol. The summed E-state index contributed by atoms with van der Waals surface area (Å²) in [6.45, 7) is 0. The zero-order valence-corrected chi connectivity index (χ0v) is 15.7. The van der Waals surface area contributed by atoms with Crippen molar-refractivity contribution < 1.29 is 4.79 Å². The number of carbonyl (C=O) groups is 1. The molecule has 138 valence electrons. The summed E-state index contributed by atoms with van der Waals surface area (Å²) in [4.78, 5) is 25.4. The summed E-state index contributed by atoms with van der Waals surface area (Å²) in [6.07, 6.45) is 3.09. The molecule has 1 amide bonds. The molecule has 0 radical (unpaired) electrons. The fraction of sp³-hybridized carbons (Fsp3) is 0.600. The Kier molecular flexibility index (Phi) is 4.23. The van der Waals surface area contributed by atoms with Gasteiger partial charge >= 0.3 is 0 Å². The van der Waals surface area contributed by atoms with Gasteiger partial charge in [0.1, 0.15) is 0 Å². The van der Waals surface area contributed by atoms with Gasteiger partial charge in [0.15, 0.2) is 5.69 Å². The van der Waals surface area contributed by atoms with Gasteiger partial charge in [0.05, 0.1) is 5.02 Å². The van der Waals surface area contributed by atoms with E-state index in [1.807, 2.05) is 0 Å². The van der Waals surface area contributed by atoms with Crippen molar-refractivity contribution in [3.63, 3.8) is 0 Å². The van der Waals surface area contributed by atoms with Crippen LogP contribution in [0.3, 0.4) is 0 Å². The number of rotatable bonds is 3. The number of fused-ring (bicyclic) bond motifs is 2. The van der Waals surface area contributed by atoms with Crippen LogP contribution in [0, 0.1) is 11.8 Å². The van der Waals surface area contributed by atoms with Crippen molar-refractivity contribution in [3.8, 4) is 0 Å². The van der Waals surface area contributed by atoms with Crippen molar-refractivity contribution in [1.29, 1.82) is 0 Å². The average Bonchev–Trinajstić information content (AvgIpc) is 3.30. The van der Waals surface area contributed by atoms with Gasteiger partial charge in [-0.2, -0.15) is 5.10 Å². The fourth-order valence-electron chi connectivity index (χ4n) is 4.18. The van der Waals surface area contributed by atoms with Gasteiger partial charge < -0.3 is 0 Å². The molecule has 2 aliphatic rings. The Morgan fingerprint density at radius 3 is 2.58 bits per heavy atom. The third-order valence-electron chi connectivity index (χ3n) is 5.43. The van der Waals surface area contributed by atoms with E-state index >= 15 is 0 Å². The van der Waals surface area contributed by atoms with Crippen LogP contribution in [0.4, 0.5) is 5.95 Å². The molecule has 2 fully saturated rings. The van der Waals surface area contributed by atoms with Crippen molar-refractivity contribution in [2.45, 2.75) is 30.6 Å². The van der Waals surface area contributed by atoms with Crippen molar-refractivity contribution in [2.24, 2.45) is 25.9 Å². The van der Waals surface area contributed by atoms with Gasteiger partial charge in [-0.3, -0.25) is 14.9 Å². The number of tetrazole rings is 1. The normalized spacial score (nSPS) is 27.1. The summed E-state index contributed by atoms with van der Waals surface area (Å²) in [6, 6.07) is 0. The molecule has 4 rings (SSSR count). The van der Waals surface area contributed by atoms with Crippen LogP contribution < -0.4 is 10.9 Å². The molecule has 2 aromatic rings. The highest BCUT2D eigenvalue weighted by Gasteiger charge is 2.49. The summed E-state index contributed by atoms with van der Waals surface area (Å²) in [5.74, 6) is 0.113. The van der Waals surface area contributed by atoms with Gasteiger partial charge in [0.25, 0.3) is 11.5 Å². The molecule has 1 N–H and O–H groups in total. The summed E-state index contributed by atoms with van der Waals surface area (Å²) < 4.78 is 2.44. The van der Waals surface area contributed by atoms with Gasteiger partial charge in [0.2, 0.25) is 5.95 Å². The van der Waals surface area contributed by atoms with Crippen molar-refractivity contribution in [1.82, 2.24) is 30.0 Å². The van der Waals surface area contributed by atoms with Crippen LogP contribution in [-0.4, -0.2) is 41.3 Å². The average molecular weight is 398 g/mol. The second kappa shape index (κ2) is 6.31. The van der Waals surface area contributed by atoms with E-state index in [4.69, 9.17) is 23.2 Å². The number of nitrogens with one attached hydrogen (secondary N) is 1. The van der Waals surface area contributed by atoms with Crippen LogP contribution in [0.5, 0.6) is 0 Å². The first-order chi connectivity index (χ1) is 12.4. The Hall–Kier alpha value is -2.00. The van der Waals surface area contributed by atoms with E-state index < -0.39 is 5.91 Å². The van der Waals surface area contributed by atoms with Gasteiger partial charge in [-0.15, -0.1) is 11.6 Å². The molecule has 2 heterocycles. The quantitative estimate of drug-likeness (QED) is 0.782. The number of nitrogens with zero attached hydrogens (tertiary/aromatic N) is 6. The summed E-state index contributed by atoms with van der Waals surface area (Å²) in [5.41, 5.74) is 0.0334. The van der Waals surface area contributed by atoms with Crippen LogP contribution >= 0.6 is 23.2 Å². The number of hydrogen-bond acceptors (Lipinski definition) is 6. The maximum atomic E-state index is 12.7. The van der Waals surface area contributed by atoms with E-state index in [1.54, 1.807) is 7.05 Å². The van der Waals surface area contributed by atoms with Gasteiger partial charge in [-0.25, -0.2) is 9.36 Å². The van der Waals surface area contributed by atoms with Gasteiger partial charge in [0, 0.05) is 31.0 Å².